The number of carbonyl (C=O) groups is 1. The number of hydrogen-bond donors (Lipinski definition) is 1. The van der Waals surface area contributed by atoms with Gasteiger partial charge < -0.3 is 4.74 Å². The van der Waals surface area contributed by atoms with Gasteiger partial charge in [0.2, 0.25) is 0 Å². The Balaban J connectivity index is 1.85. The van der Waals surface area contributed by atoms with Crippen molar-refractivity contribution in [1.29, 1.82) is 0 Å². The van der Waals surface area contributed by atoms with Crippen LogP contribution in [0.2, 0.25) is 0 Å². The van der Waals surface area contributed by atoms with Gasteiger partial charge in [-0.25, -0.2) is 5.43 Å². The lowest BCUT2D eigenvalue weighted by molar-refractivity contribution is 0.0955. The van der Waals surface area contributed by atoms with Gasteiger partial charge in [-0.3, -0.25) is 4.79 Å². The van der Waals surface area contributed by atoms with Crippen LogP contribution in [0.15, 0.2) is 53.6 Å². The molecule has 120 valence electrons. The molecule has 0 saturated heterocycles. The predicted molar refractivity (Wildman–Crippen MR) is 93.1 cm³/mol. The SMILES string of the molecule is CCCCOc1ccc(/C=N\NC(=O)c2ccc(C)cc2)cc1. The lowest BCUT2D eigenvalue weighted by Crippen LogP contribution is -2.17. The highest BCUT2D eigenvalue weighted by molar-refractivity contribution is 5.94. The topological polar surface area (TPSA) is 50.7 Å². The van der Waals surface area contributed by atoms with E-state index in [1.165, 1.54) is 0 Å². The second kappa shape index (κ2) is 8.73. The lowest BCUT2D eigenvalue weighted by atomic mass is 10.1. The smallest absolute Gasteiger partial charge is 0.271 e. The average molecular weight is 310 g/mol. The van der Waals surface area contributed by atoms with Gasteiger partial charge in [0.1, 0.15) is 5.75 Å². The van der Waals surface area contributed by atoms with E-state index in [1.807, 2.05) is 43.3 Å². The largest absolute Gasteiger partial charge is 0.494 e. The molecule has 2 aromatic rings. The van der Waals surface area contributed by atoms with Crippen LogP contribution in [0, 0.1) is 6.92 Å². The van der Waals surface area contributed by atoms with E-state index >= 15 is 0 Å². The van der Waals surface area contributed by atoms with Crippen molar-refractivity contribution in [3.05, 3.63) is 65.2 Å². The fourth-order valence-electron chi connectivity index (χ4n) is 1.92. The van der Waals surface area contributed by atoms with Crippen molar-refractivity contribution in [2.24, 2.45) is 5.10 Å². The Kier molecular flexibility index (Phi) is 6.36. The Hall–Kier alpha value is -2.62. The van der Waals surface area contributed by atoms with Crippen LogP contribution in [-0.2, 0) is 0 Å². The molecule has 0 aliphatic carbocycles. The average Bonchev–Trinajstić information content (AvgIpc) is 2.57. The summed E-state index contributed by atoms with van der Waals surface area (Å²) in [6.07, 6.45) is 3.78. The minimum Gasteiger partial charge on any atom is -0.494 e. The van der Waals surface area contributed by atoms with Crippen LogP contribution in [-0.4, -0.2) is 18.7 Å². The molecule has 2 aromatic carbocycles. The first kappa shape index (κ1) is 16.7. The number of nitrogens with zero attached hydrogens (tertiary/aromatic N) is 1. The first-order chi connectivity index (χ1) is 11.2. The van der Waals surface area contributed by atoms with Gasteiger partial charge in [0, 0.05) is 5.56 Å². The number of aryl methyl sites for hydroxylation is 1. The van der Waals surface area contributed by atoms with Crippen LogP contribution in [0.5, 0.6) is 5.75 Å². The van der Waals surface area contributed by atoms with E-state index in [1.54, 1.807) is 18.3 Å². The van der Waals surface area contributed by atoms with Crippen molar-refractivity contribution in [2.45, 2.75) is 26.7 Å². The third kappa shape index (κ3) is 5.58. The van der Waals surface area contributed by atoms with Crippen LogP contribution in [0.25, 0.3) is 0 Å². The molecule has 0 heterocycles. The summed E-state index contributed by atoms with van der Waals surface area (Å²) in [5.41, 5.74) is 5.13. The molecule has 4 heteroatoms. The number of hydrogen-bond acceptors (Lipinski definition) is 3. The Morgan fingerprint density at radius 1 is 1.13 bits per heavy atom. The van der Waals surface area contributed by atoms with E-state index in [-0.39, 0.29) is 5.91 Å². The molecule has 1 amide bonds. The summed E-state index contributed by atoms with van der Waals surface area (Å²) in [6.45, 7) is 4.85. The Bertz CT molecular complexity index is 646. The van der Waals surface area contributed by atoms with Crippen molar-refractivity contribution in [3.63, 3.8) is 0 Å². The molecule has 0 fully saturated rings. The Morgan fingerprint density at radius 3 is 2.48 bits per heavy atom. The van der Waals surface area contributed by atoms with Gasteiger partial charge >= 0.3 is 0 Å². The summed E-state index contributed by atoms with van der Waals surface area (Å²) in [5, 5.41) is 3.98. The molecule has 1 N–H and O–H groups in total. The molecule has 0 bridgehead atoms. The van der Waals surface area contributed by atoms with Crippen molar-refractivity contribution in [3.8, 4) is 5.75 Å². The third-order valence-electron chi connectivity index (χ3n) is 3.34. The van der Waals surface area contributed by atoms with E-state index in [0.717, 1.165) is 36.3 Å². The Morgan fingerprint density at radius 2 is 1.83 bits per heavy atom. The van der Waals surface area contributed by atoms with Crippen LogP contribution >= 0.6 is 0 Å². The standard InChI is InChI=1S/C19H22N2O2/c1-3-4-13-23-18-11-7-16(8-12-18)14-20-21-19(22)17-9-5-15(2)6-10-17/h5-12,14H,3-4,13H2,1-2H3,(H,21,22)/b20-14-. The summed E-state index contributed by atoms with van der Waals surface area (Å²) >= 11 is 0. The zero-order valence-electron chi connectivity index (χ0n) is 13.6. The van der Waals surface area contributed by atoms with Gasteiger partial charge in [-0.05, 0) is 55.3 Å². The van der Waals surface area contributed by atoms with Gasteiger partial charge in [0.15, 0.2) is 0 Å². The molecule has 0 radical (unpaired) electrons. The minimum atomic E-state index is -0.222. The van der Waals surface area contributed by atoms with Crippen LogP contribution in [0.3, 0.4) is 0 Å². The Labute approximate surface area is 137 Å². The summed E-state index contributed by atoms with van der Waals surface area (Å²) in [5.74, 6) is 0.625. The van der Waals surface area contributed by atoms with E-state index in [2.05, 4.69) is 17.5 Å². The summed E-state index contributed by atoms with van der Waals surface area (Å²) in [6, 6.07) is 15.0. The van der Waals surface area contributed by atoms with Gasteiger partial charge in [-0.15, -0.1) is 0 Å². The predicted octanol–water partition coefficient (Wildman–Crippen LogP) is 3.94. The first-order valence-corrected chi connectivity index (χ1v) is 7.82. The molecule has 0 saturated carbocycles. The third-order valence-corrected chi connectivity index (χ3v) is 3.34. The number of hydrazone groups is 1. The highest BCUT2D eigenvalue weighted by atomic mass is 16.5. The molecular formula is C19H22N2O2. The molecule has 0 aromatic heterocycles. The molecule has 0 unspecified atom stereocenters. The molecule has 2 rings (SSSR count). The van der Waals surface area contributed by atoms with Crippen molar-refractivity contribution in [2.75, 3.05) is 6.61 Å². The summed E-state index contributed by atoms with van der Waals surface area (Å²) in [4.78, 5) is 11.9. The maximum absolute atomic E-state index is 11.9. The lowest BCUT2D eigenvalue weighted by Gasteiger charge is -2.05. The fourth-order valence-corrected chi connectivity index (χ4v) is 1.92. The minimum absolute atomic E-state index is 0.222. The molecule has 23 heavy (non-hydrogen) atoms. The molecule has 0 atom stereocenters. The van der Waals surface area contributed by atoms with E-state index in [0.29, 0.717) is 5.56 Å². The summed E-state index contributed by atoms with van der Waals surface area (Å²) < 4.78 is 5.60. The summed E-state index contributed by atoms with van der Waals surface area (Å²) in [7, 11) is 0. The highest BCUT2D eigenvalue weighted by Gasteiger charge is 2.02. The molecule has 4 nitrogen and oxygen atoms in total. The molecule has 0 spiro atoms. The van der Waals surface area contributed by atoms with E-state index in [9.17, 15) is 4.79 Å². The number of nitrogens with one attached hydrogen (secondary N) is 1. The first-order valence-electron chi connectivity index (χ1n) is 7.82. The van der Waals surface area contributed by atoms with Gasteiger partial charge in [0.25, 0.3) is 5.91 Å². The molecular weight excluding hydrogens is 288 g/mol. The van der Waals surface area contributed by atoms with Crippen molar-refractivity contribution in [1.82, 2.24) is 5.43 Å². The van der Waals surface area contributed by atoms with Gasteiger partial charge in [-0.1, -0.05) is 31.0 Å². The van der Waals surface area contributed by atoms with Crippen LogP contribution in [0.4, 0.5) is 0 Å². The van der Waals surface area contributed by atoms with Crippen LogP contribution < -0.4 is 10.2 Å². The number of unbranched alkanes of at least 4 members (excludes halogenated alkanes) is 1. The number of carbonyl (C=O) groups excluding carboxylic acids is 1. The number of benzene rings is 2. The van der Waals surface area contributed by atoms with Crippen molar-refractivity contribution >= 4 is 12.1 Å². The van der Waals surface area contributed by atoms with Gasteiger partial charge in [0.05, 0.1) is 12.8 Å². The normalized spacial score (nSPS) is 10.7. The van der Waals surface area contributed by atoms with Crippen LogP contribution in [0.1, 0.15) is 41.3 Å². The highest BCUT2D eigenvalue weighted by Crippen LogP contribution is 2.11. The molecule has 0 aliphatic rings. The zero-order valence-corrected chi connectivity index (χ0v) is 13.6. The molecule has 0 aliphatic heterocycles. The fraction of sp³-hybridized carbons (Fsp3) is 0.263. The maximum Gasteiger partial charge on any atom is 0.271 e. The quantitative estimate of drug-likeness (QED) is 0.478. The maximum atomic E-state index is 11.9. The van der Waals surface area contributed by atoms with E-state index < -0.39 is 0 Å². The number of rotatable bonds is 7. The monoisotopic (exact) mass is 310 g/mol. The van der Waals surface area contributed by atoms with Crippen molar-refractivity contribution < 1.29 is 9.53 Å². The van der Waals surface area contributed by atoms with E-state index in [4.69, 9.17) is 4.74 Å². The zero-order chi connectivity index (χ0) is 16.5. The number of amides is 1. The second-order valence-electron chi connectivity index (χ2n) is 5.34. The number of ether oxygens (including phenoxy) is 1. The van der Waals surface area contributed by atoms with Gasteiger partial charge in [-0.2, -0.15) is 5.10 Å². The second-order valence-corrected chi connectivity index (χ2v) is 5.34.